The number of rotatable bonds is 5. The number of halogens is 4. The first-order chi connectivity index (χ1) is 10.6. The van der Waals surface area contributed by atoms with Crippen molar-refractivity contribution < 1.29 is 21.6 Å². The van der Waals surface area contributed by atoms with Crippen LogP contribution in [0.15, 0.2) is 0 Å². The molecule has 0 aliphatic carbocycles. The molecule has 5 nitrogen and oxygen atoms in total. The predicted octanol–water partition coefficient (Wildman–Crippen LogP) is 1.70. The van der Waals surface area contributed by atoms with E-state index in [2.05, 4.69) is 10.2 Å². The lowest BCUT2D eigenvalue weighted by Gasteiger charge is -2.39. The van der Waals surface area contributed by atoms with Gasteiger partial charge in [0.05, 0.1) is 6.26 Å². The van der Waals surface area contributed by atoms with E-state index in [9.17, 15) is 21.6 Å². The molecule has 2 fully saturated rings. The third kappa shape index (κ3) is 7.03. The second-order valence-electron chi connectivity index (χ2n) is 6.67. The quantitative estimate of drug-likeness (QED) is 0.772. The molecule has 2 saturated heterocycles. The van der Waals surface area contributed by atoms with E-state index in [0.29, 0.717) is 36.2 Å². The Bertz CT molecular complexity index is 476. The first-order valence-electron chi connectivity index (χ1n) is 8.12. The van der Waals surface area contributed by atoms with Gasteiger partial charge in [-0.2, -0.15) is 17.5 Å². The SMILES string of the molecule is CS(=O)(=O)N(CC(F)(F)F)C1CCN(CC2CCCNC2)CC1.Cl. The number of alkyl halides is 3. The van der Waals surface area contributed by atoms with Gasteiger partial charge in [0, 0.05) is 12.6 Å². The van der Waals surface area contributed by atoms with Crippen molar-refractivity contribution in [3.05, 3.63) is 0 Å². The van der Waals surface area contributed by atoms with Gasteiger partial charge in [0.2, 0.25) is 10.0 Å². The van der Waals surface area contributed by atoms with Crippen LogP contribution in [0.1, 0.15) is 25.7 Å². The van der Waals surface area contributed by atoms with Crippen molar-refractivity contribution in [2.75, 3.05) is 45.5 Å². The number of piperidine rings is 2. The molecule has 1 unspecified atom stereocenters. The Hall–Kier alpha value is -0.0900. The highest BCUT2D eigenvalue weighted by Gasteiger charge is 2.39. The molecule has 0 spiro atoms. The zero-order valence-corrected chi connectivity index (χ0v) is 15.5. The first-order valence-corrected chi connectivity index (χ1v) is 9.96. The lowest BCUT2D eigenvalue weighted by Crippen LogP contribution is -2.51. The van der Waals surface area contributed by atoms with Gasteiger partial charge in [0.25, 0.3) is 0 Å². The molecule has 0 aromatic heterocycles. The summed E-state index contributed by atoms with van der Waals surface area (Å²) in [5.74, 6) is 0.585. The second-order valence-corrected chi connectivity index (χ2v) is 8.60. The summed E-state index contributed by atoms with van der Waals surface area (Å²) in [5.41, 5.74) is 0. The van der Waals surface area contributed by atoms with Crippen LogP contribution < -0.4 is 5.32 Å². The average molecular weight is 394 g/mol. The van der Waals surface area contributed by atoms with Crippen molar-refractivity contribution in [2.45, 2.75) is 37.9 Å². The Kier molecular flexibility index (Phi) is 8.25. The van der Waals surface area contributed by atoms with Gasteiger partial charge < -0.3 is 10.2 Å². The number of hydrogen-bond donors (Lipinski definition) is 1. The maximum atomic E-state index is 12.7. The van der Waals surface area contributed by atoms with Crippen LogP contribution in [-0.4, -0.2) is 75.4 Å². The van der Waals surface area contributed by atoms with Crippen LogP contribution in [0.5, 0.6) is 0 Å². The number of hydrogen-bond acceptors (Lipinski definition) is 4. The summed E-state index contributed by atoms with van der Waals surface area (Å²) in [7, 11) is -3.86. The molecule has 0 bridgehead atoms. The number of nitrogens with one attached hydrogen (secondary N) is 1. The van der Waals surface area contributed by atoms with E-state index >= 15 is 0 Å². The van der Waals surface area contributed by atoms with E-state index in [1.807, 2.05) is 0 Å². The highest BCUT2D eigenvalue weighted by Crippen LogP contribution is 2.25. The summed E-state index contributed by atoms with van der Waals surface area (Å²) < 4.78 is 62.0. The van der Waals surface area contributed by atoms with E-state index in [4.69, 9.17) is 0 Å². The Labute approximate surface area is 148 Å². The summed E-state index contributed by atoms with van der Waals surface area (Å²) >= 11 is 0. The van der Waals surface area contributed by atoms with Crippen LogP contribution in [0.3, 0.4) is 0 Å². The minimum absolute atomic E-state index is 0. The summed E-state index contributed by atoms with van der Waals surface area (Å²) in [6.07, 6.45) is -0.384. The van der Waals surface area contributed by atoms with Gasteiger partial charge in [-0.3, -0.25) is 0 Å². The van der Waals surface area contributed by atoms with Crippen molar-refractivity contribution >= 4 is 22.4 Å². The average Bonchev–Trinajstić information content (AvgIpc) is 2.45. The van der Waals surface area contributed by atoms with Crippen molar-refractivity contribution in [1.29, 1.82) is 0 Å². The van der Waals surface area contributed by atoms with E-state index in [-0.39, 0.29) is 12.4 Å². The van der Waals surface area contributed by atoms with Gasteiger partial charge in [-0.25, -0.2) is 8.42 Å². The fourth-order valence-corrected chi connectivity index (χ4v) is 4.66. The molecule has 2 rings (SSSR count). The maximum Gasteiger partial charge on any atom is 0.402 e. The molecule has 0 radical (unpaired) electrons. The summed E-state index contributed by atoms with van der Waals surface area (Å²) in [4.78, 5) is 2.25. The van der Waals surface area contributed by atoms with Gasteiger partial charge in [-0.1, -0.05) is 0 Å². The molecule has 0 aromatic carbocycles. The molecule has 2 aliphatic rings. The molecule has 10 heteroatoms. The minimum Gasteiger partial charge on any atom is -0.316 e. The third-order valence-electron chi connectivity index (χ3n) is 4.64. The Balaban J connectivity index is 0.00000288. The molecule has 0 saturated carbocycles. The Morgan fingerprint density at radius 2 is 1.83 bits per heavy atom. The third-order valence-corrected chi connectivity index (χ3v) is 5.92. The molecule has 144 valence electrons. The van der Waals surface area contributed by atoms with Gasteiger partial charge >= 0.3 is 6.18 Å². The van der Waals surface area contributed by atoms with Crippen LogP contribution in [0.25, 0.3) is 0 Å². The molecular weight excluding hydrogens is 367 g/mol. The van der Waals surface area contributed by atoms with E-state index in [1.54, 1.807) is 0 Å². The minimum atomic E-state index is -4.51. The van der Waals surface area contributed by atoms with Gasteiger partial charge in [-0.05, 0) is 57.8 Å². The van der Waals surface area contributed by atoms with Crippen LogP contribution in [0, 0.1) is 5.92 Å². The van der Waals surface area contributed by atoms with Crippen LogP contribution in [-0.2, 0) is 10.0 Å². The maximum absolute atomic E-state index is 12.7. The lowest BCUT2D eigenvalue weighted by molar-refractivity contribution is -0.140. The molecule has 1 atom stereocenters. The van der Waals surface area contributed by atoms with Crippen LogP contribution in [0.4, 0.5) is 13.2 Å². The zero-order chi connectivity index (χ0) is 17.1. The lowest BCUT2D eigenvalue weighted by atomic mass is 9.97. The Morgan fingerprint density at radius 1 is 1.21 bits per heavy atom. The van der Waals surface area contributed by atoms with Crippen molar-refractivity contribution in [2.24, 2.45) is 5.92 Å². The number of sulfonamides is 1. The van der Waals surface area contributed by atoms with Crippen molar-refractivity contribution in [3.8, 4) is 0 Å². The van der Waals surface area contributed by atoms with Crippen LogP contribution in [0.2, 0.25) is 0 Å². The summed E-state index contributed by atoms with van der Waals surface area (Å²) in [6, 6.07) is -0.549. The molecule has 24 heavy (non-hydrogen) atoms. The molecule has 2 aliphatic heterocycles. The highest BCUT2D eigenvalue weighted by molar-refractivity contribution is 7.88. The van der Waals surface area contributed by atoms with Crippen molar-refractivity contribution in [1.82, 2.24) is 14.5 Å². The Morgan fingerprint density at radius 3 is 2.29 bits per heavy atom. The summed E-state index contributed by atoms with van der Waals surface area (Å²) in [6.45, 7) is 2.92. The predicted molar refractivity (Wildman–Crippen MR) is 89.9 cm³/mol. The largest absolute Gasteiger partial charge is 0.402 e. The van der Waals surface area contributed by atoms with Crippen molar-refractivity contribution in [3.63, 3.8) is 0 Å². The highest BCUT2D eigenvalue weighted by atomic mass is 35.5. The first kappa shape index (κ1) is 22.0. The summed E-state index contributed by atoms with van der Waals surface area (Å²) in [5, 5.41) is 3.36. The van der Waals surface area contributed by atoms with E-state index in [0.717, 1.165) is 32.3 Å². The molecule has 2 heterocycles. The number of likely N-dealkylation sites (tertiary alicyclic amines) is 1. The van der Waals surface area contributed by atoms with Gasteiger partial charge in [0.1, 0.15) is 6.54 Å². The molecular formula is C14H27ClF3N3O2S. The fourth-order valence-electron chi connectivity index (χ4n) is 3.53. The topological polar surface area (TPSA) is 52.7 Å². The molecule has 0 amide bonds. The molecule has 1 N–H and O–H groups in total. The standard InChI is InChI=1S/C14H26F3N3O2S.ClH/c1-23(21,22)20(11-14(15,16)17)13-4-7-19(8-5-13)10-12-3-2-6-18-9-12;/h12-13,18H,2-11H2,1H3;1H. The van der Waals surface area contributed by atoms with E-state index in [1.165, 1.54) is 6.42 Å². The normalized spacial score (nSPS) is 24.8. The van der Waals surface area contributed by atoms with Gasteiger partial charge in [-0.15, -0.1) is 12.4 Å². The molecule has 0 aromatic rings. The van der Waals surface area contributed by atoms with E-state index < -0.39 is 28.8 Å². The monoisotopic (exact) mass is 393 g/mol. The van der Waals surface area contributed by atoms with Crippen LogP contribution >= 0.6 is 12.4 Å². The fraction of sp³-hybridized carbons (Fsp3) is 1.00. The van der Waals surface area contributed by atoms with Gasteiger partial charge in [0.15, 0.2) is 0 Å². The number of nitrogens with zero attached hydrogens (tertiary/aromatic N) is 2. The zero-order valence-electron chi connectivity index (χ0n) is 13.9. The smallest absolute Gasteiger partial charge is 0.316 e. The second kappa shape index (κ2) is 9.02.